The van der Waals surface area contributed by atoms with E-state index in [0.717, 1.165) is 15.9 Å². The van der Waals surface area contributed by atoms with Gasteiger partial charge in [0.2, 0.25) is 6.41 Å². The van der Waals surface area contributed by atoms with Gasteiger partial charge in [0.15, 0.2) is 0 Å². The number of carbonyl (C=O) groups excluding carboxylic acids is 1. The van der Waals surface area contributed by atoms with Crippen molar-refractivity contribution in [3.05, 3.63) is 23.7 Å². The van der Waals surface area contributed by atoms with Crippen LogP contribution in [0.15, 0.2) is 23.7 Å². The zero-order valence-corrected chi connectivity index (χ0v) is 6.97. The SMILES string of the molecule is O=CNc1cccc2scnc12. The third-order valence-electron chi connectivity index (χ3n) is 1.57. The third-order valence-corrected chi connectivity index (χ3v) is 2.37. The summed E-state index contributed by atoms with van der Waals surface area (Å²) < 4.78 is 1.09. The minimum atomic E-state index is 0.661. The second-order valence-electron chi connectivity index (χ2n) is 2.27. The number of aromatic nitrogens is 1. The Morgan fingerprint density at radius 3 is 3.25 bits per heavy atom. The van der Waals surface area contributed by atoms with Gasteiger partial charge >= 0.3 is 0 Å². The number of rotatable bonds is 2. The smallest absolute Gasteiger partial charge is 0.211 e. The maximum atomic E-state index is 10.2. The van der Waals surface area contributed by atoms with E-state index >= 15 is 0 Å². The van der Waals surface area contributed by atoms with Gasteiger partial charge < -0.3 is 5.32 Å². The molecule has 12 heavy (non-hydrogen) atoms. The Balaban J connectivity index is 2.65. The zero-order chi connectivity index (χ0) is 8.39. The lowest BCUT2D eigenvalue weighted by molar-refractivity contribution is -0.105. The van der Waals surface area contributed by atoms with Gasteiger partial charge in [-0.25, -0.2) is 4.98 Å². The van der Waals surface area contributed by atoms with Crippen molar-refractivity contribution in [1.82, 2.24) is 4.98 Å². The Labute approximate surface area is 73.0 Å². The van der Waals surface area contributed by atoms with Crippen LogP contribution in [-0.4, -0.2) is 11.4 Å². The van der Waals surface area contributed by atoms with Gasteiger partial charge in [-0.05, 0) is 12.1 Å². The van der Waals surface area contributed by atoms with Gasteiger partial charge in [0.25, 0.3) is 0 Å². The molecule has 0 spiro atoms. The highest BCUT2D eigenvalue weighted by molar-refractivity contribution is 7.16. The molecule has 0 fully saturated rings. The fourth-order valence-corrected chi connectivity index (χ4v) is 1.77. The number of hydrogen-bond donors (Lipinski definition) is 1. The normalized spacial score (nSPS) is 10.0. The minimum absolute atomic E-state index is 0.661. The first kappa shape index (κ1) is 7.24. The number of fused-ring (bicyclic) bond motifs is 1. The van der Waals surface area contributed by atoms with Crippen LogP contribution in [0.25, 0.3) is 10.2 Å². The second kappa shape index (κ2) is 2.91. The van der Waals surface area contributed by atoms with Crippen molar-refractivity contribution >= 4 is 33.7 Å². The number of anilines is 1. The van der Waals surface area contributed by atoms with E-state index in [1.54, 1.807) is 16.8 Å². The molecule has 0 unspecified atom stereocenters. The molecule has 0 aliphatic carbocycles. The average molecular weight is 178 g/mol. The molecule has 0 bridgehead atoms. The summed E-state index contributed by atoms with van der Waals surface area (Å²) >= 11 is 1.56. The summed E-state index contributed by atoms with van der Waals surface area (Å²) in [6, 6.07) is 5.70. The lowest BCUT2D eigenvalue weighted by Crippen LogP contribution is -1.93. The number of thiazole rings is 1. The lowest BCUT2D eigenvalue weighted by Gasteiger charge is -1.97. The van der Waals surface area contributed by atoms with Crippen molar-refractivity contribution in [2.75, 3.05) is 5.32 Å². The van der Waals surface area contributed by atoms with E-state index in [-0.39, 0.29) is 0 Å². The molecule has 0 atom stereocenters. The van der Waals surface area contributed by atoms with Crippen LogP contribution < -0.4 is 5.32 Å². The van der Waals surface area contributed by atoms with E-state index in [9.17, 15) is 4.79 Å². The van der Waals surface area contributed by atoms with Gasteiger partial charge in [-0.1, -0.05) is 6.07 Å². The molecule has 1 heterocycles. The predicted octanol–water partition coefficient (Wildman–Crippen LogP) is 1.86. The minimum Gasteiger partial charge on any atom is -0.327 e. The number of nitrogens with one attached hydrogen (secondary N) is 1. The molecule has 0 radical (unpaired) electrons. The van der Waals surface area contributed by atoms with Crippen LogP contribution in [0.2, 0.25) is 0 Å². The fraction of sp³-hybridized carbons (Fsp3) is 0. The average Bonchev–Trinajstić information content (AvgIpc) is 2.53. The Morgan fingerprint density at radius 2 is 2.42 bits per heavy atom. The molecule has 0 aliphatic heterocycles. The van der Waals surface area contributed by atoms with Crippen LogP contribution in [0.4, 0.5) is 5.69 Å². The first-order valence-electron chi connectivity index (χ1n) is 3.44. The summed E-state index contributed by atoms with van der Waals surface area (Å²) in [7, 11) is 0. The first-order valence-corrected chi connectivity index (χ1v) is 4.32. The Hall–Kier alpha value is -1.42. The Morgan fingerprint density at radius 1 is 1.50 bits per heavy atom. The zero-order valence-electron chi connectivity index (χ0n) is 6.15. The number of para-hydroxylation sites is 1. The van der Waals surface area contributed by atoms with Crippen molar-refractivity contribution in [3.8, 4) is 0 Å². The van der Waals surface area contributed by atoms with E-state index in [1.807, 2.05) is 18.2 Å². The van der Waals surface area contributed by atoms with Gasteiger partial charge in [-0.3, -0.25) is 4.79 Å². The van der Waals surface area contributed by atoms with Gasteiger partial charge in [0.1, 0.15) is 5.52 Å². The number of nitrogens with zero attached hydrogens (tertiary/aromatic N) is 1. The number of hydrogen-bond acceptors (Lipinski definition) is 3. The molecule has 4 heteroatoms. The molecular formula is C8H6N2OS. The van der Waals surface area contributed by atoms with E-state index in [4.69, 9.17) is 0 Å². The standard InChI is InChI=1S/C8H6N2OS/c11-4-9-6-2-1-3-7-8(6)10-5-12-7/h1-5H,(H,9,11). The van der Waals surface area contributed by atoms with Crippen molar-refractivity contribution in [3.63, 3.8) is 0 Å². The van der Waals surface area contributed by atoms with Crippen LogP contribution in [0.3, 0.4) is 0 Å². The molecule has 1 aromatic heterocycles. The van der Waals surface area contributed by atoms with Crippen LogP contribution in [0.5, 0.6) is 0 Å². The van der Waals surface area contributed by atoms with Crippen molar-refractivity contribution < 1.29 is 4.79 Å². The highest BCUT2D eigenvalue weighted by Gasteiger charge is 2.00. The van der Waals surface area contributed by atoms with Gasteiger partial charge in [-0.15, -0.1) is 11.3 Å². The van der Waals surface area contributed by atoms with Gasteiger partial charge in [0.05, 0.1) is 15.9 Å². The highest BCUT2D eigenvalue weighted by Crippen LogP contribution is 2.24. The quantitative estimate of drug-likeness (QED) is 0.713. The van der Waals surface area contributed by atoms with E-state index in [2.05, 4.69) is 10.3 Å². The van der Waals surface area contributed by atoms with Gasteiger partial charge in [-0.2, -0.15) is 0 Å². The Bertz CT molecular complexity index is 410. The van der Waals surface area contributed by atoms with Crippen LogP contribution >= 0.6 is 11.3 Å². The molecule has 60 valence electrons. The maximum Gasteiger partial charge on any atom is 0.211 e. The van der Waals surface area contributed by atoms with Crippen LogP contribution in [0.1, 0.15) is 0 Å². The maximum absolute atomic E-state index is 10.2. The number of amides is 1. The van der Waals surface area contributed by atoms with E-state index in [0.29, 0.717) is 6.41 Å². The molecule has 0 saturated carbocycles. The Kier molecular flexibility index (Phi) is 1.75. The fourth-order valence-electron chi connectivity index (χ4n) is 1.07. The van der Waals surface area contributed by atoms with E-state index < -0.39 is 0 Å². The summed E-state index contributed by atoms with van der Waals surface area (Å²) in [5.41, 5.74) is 3.39. The molecule has 2 aromatic rings. The molecule has 0 saturated heterocycles. The van der Waals surface area contributed by atoms with Crippen LogP contribution in [-0.2, 0) is 4.79 Å². The molecule has 1 N–H and O–H groups in total. The van der Waals surface area contributed by atoms with Gasteiger partial charge in [0, 0.05) is 0 Å². The second-order valence-corrected chi connectivity index (χ2v) is 3.15. The summed E-state index contributed by atoms with van der Waals surface area (Å²) in [5, 5.41) is 2.60. The van der Waals surface area contributed by atoms with Crippen molar-refractivity contribution in [1.29, 1.82) is 0 Å². The van der Waals surface area contributed by atoms with Crippen LogP contribution in [0, 0.1) is 0 Å². The van der Waals surface area contributed by atoms with Crippen molar-refractivity contribution in [2.24, 2.45) is 0 Å². The topological polar surface area (TPSA) is 42.0 Å². The lowest BCUT2D eigenvalue weighted by atomic mass is 10.3. The molecule has 2 rings (SSSR count). The summed E-state index contributed by atoms with van der Waals surface area (Å²) in [6.45, 7) is 0. The summed E-state index contributed by atoms with van der Waals surface area (Å²) in [5.74, 6) is 0. The monoisotopic (exact) mass is 178 g/mol. The molecule has 1 aromatic carbocycles. The number of benzene rings is 1. The molecular weight excluding hydrogens is 172 g/mol. The third kappa shape index (κ3) is 1.06. The number of carbonyl (C=O) groups is 1. The largest absolute Gasteiger partial charge is 0.327 e. The molecule has 1 amide bonds. The van der Waals surface area contributed by atoms with Crippen molar-refractivity contribution in [2.45, 2.75) is 0 Å². The highest BCUT2D eigenvalue weighted by atomic mass is 32.1. The summed E-state index contributed by atoms with van der Waals surface area (Å²) in [6.07, 6.45) is 0.661. The van der Waals surface area contributed by atoms with E-state index in [1.165, 1.54) is 0 Å². The first-order chi connectivity index (χ1) is 5.92. The molecule has 3 nitrogen and oxygen atoms in total. The predicted molar refractivity (Wildman–Crippen MR) is 49.3 cm³/mol. The molecule has 0 aliphatic rings. The summed E-state index contributed by atoms with van der Waals surface area (Å²) in [4.78, 5) is 14.3.